The van der Waals surface area contributed by atoms with Gasteiger partial charge in [0.15, 0.2) is 0 Å². The Morgan fingerprint density at radius 3 is 2.65 bits per heavy atom. The molecule has 0 N–H and O–H groups in total. The van der Waals surface area contributed by atoms with Gasteiger partial charge in [-0.25, -0.2) is 0 Å². The van der Waals surface area contributed by atoms with Gasteiger partial charge in [-0.3, -0.25) is 10.1 Å². The van der Waals surface area contributed by atoms with E-state index in [2.05, 4.69) is 13.8 Å². The lowest BCUT2D eigenvalue weighted by Gasteiger charge is -2.11. The normalized spacial score (nSPS) is 12.4. The van der Waals surface area contributed by atoms with Crippen molar-refractivity contribution in [2.24, 2.45) is 5.92 Å². The minimum absolute atomic E-state index is 0.259. The molecule has 1 unspecified atom stereocenters. The van der Waals surface area contributed by atoms with Gasteiger partial charge >= 0.3 is 0 Å². The minimum atomic E-state index is -0.284. The van der Waals surface area contributed by atoms with Crippen LogP contribution in [0, 0.1) is 16.0 Å². The molecular weight excluding hydrogens is 214 g/mol. The van der Waals surface area contributed by atoms with Crippen molar-refractivity contribution in [2.45, 2.75) is 46.0 Å². The molecular formula is C14H21NO2. The van der Waals surface area contributed by atoms with E-state index < -0.39 is 0 Å². The molecule has 0 saturated heterocycles. The summed E-state index contributed by atoms with van der Waals surface area (Å²) in [6, 6.07) is 7.06. The largest absolute Gasteiger partial charge is 0.272 e. The van der Waals surface area contributed by atoms with Crippen molar-refractivity contribution >= 4 is 5.69 Å². The number of benzene rings is 1. The lowest BCUT2D eigenvalue weighted by molar-refractivity contribution is -0.385. The fourth-order valence-electron chi connectivity index (χ4n) is 2.08. The lowest BCUT2D eigenvalue weighted by Crippen LogP contribution is -2.03. The van der Waals surface area contributed by atoms with Crippen LogP contribution in [0.1, 0.15) is 45.1 Å². The Morgan fingerprint density at radius 1 is 1.29 bits per heavy atom. The summed E-state index contributed by atoms with van der Waals surface area (Å²) in [5.74, 6) is 0.516. The van der Waals surface area contributed by atoms with Crippen LogP contribution in [0.25, 0.3) is 0 Å². The van der Waals surface area contributed by atoms with E-state index >= 15 is 0 Å². The molecule has 0 spiro atoms. The lowest BCUT2D eigenvalue weighted by atomic mass is 9.95. The smallest absolute Gasteiger partial charge is 0.258 e. The van der Waals surface area contributed by atoms with Crippen LogP contribution < -0.4 is 0 Å². The molecule has 0 aliphatic rings. The summed E-state index contributed by atoms with van der Waals surface area (Å²) in [7, 11) is 0. The summed E-state index contributed by atoms with van der Waals surface area (Å²) in [6.07, 6.45) is 5.65. The highest BCUT2D eigenvalue weighted by atomic mass is 16.6. The number of unbranched alkanes of at least 4 members (excludes halogenated alkanes) is 2. The molecule has 1 aromatic rings. The minimum Gasteiger partial charge on any atom is -0.258 e. The van der Waals surface area contributed by atoms with Crippen molar-refractivity contribution in [2.75, 3.05) is 0 Å². The molecule has 0 radical (unpaired) electrons. The van der Waals surface area contributed by atoms with Gasteiger partial charge in [0, 0.05) is 11.6 Å². The van der Waals surface area contributed by atoms with Crippen LogP contribution in [0.15, 0.2) is 24.3 Å². The third-order valence-corrected chi connectivity index (χ3v) is 3.06. The van der Waals surface area contributed by atoms with Crippen molar-refractivity contribution < 1.29 is 4.92 Å². The van der Waals surface area contributed by atoms with Gasteiger partial charge < -0.3 is 0 Å². The molecule has 0 aromatic heterocycles. The summed E-state index contributed by atoms with van der Waals surface area (Å²) in [6.45, 7) is 4.36. The van der Waals surface area contributed by atoms with Crippen molar-refractivity contribution in [3.8, 4) is 0 Å². The second-order valence-corrected chi connectivity index (χ2v) is 4.69. The van der Waals surface area contributed by atoms with Gasteiger partial charge in [0.05, 0.1) is 4.92 Å². The van der Waals surface area contributed by atoms with Gasteiger partial charge in [-0.15, -0.1) is 0 Å². The summed E-state index contributed by atoms with van der Waals surface area (Å²) < 4.78 is 0. The quantitative estimate of drug-likeness (QED) is 0.400. The first-order chi connectivity index (χ1) is 8.15. The van der Waals surface area contributed by atoms with E-state index in [1.54, 1.807) is 12.1 Å². The predicted molar refractivity (Wildman–Crippen MR) is 70.1 cm³/mol. The molecule has 0 heterocycles. The van der Waals surface area contributed by atoms with Gasteiger partial charge in [-0.05, 0) is 12.3 Å². The number of nitro benzene ring substituents is 1. The number of hydrogen-bond donors (Lipinski definition) is 0. The molecule has 0 amide bonds. The Morgan fingerprint density at radius 2 is 2.00 bits per heavy atom. The van der Waals surface area contributed by atoms with Crippen LogP contribution in [-0.4, -0.2) is 4.92 Å². The molecule has 0 fully saturated rings. The Labute approximate surface area is 103 Å². The Hall–Kier alpha value is -1.38. The van der Waals surface area contributed by atoms with Gasteiger partial charge in [0.2, 0.25) is 0 Å². The molecule has 3 heteroatoms. The monoisotopic (exact) mass is 235 g/mol. The summed E-state index contributed by atoms with van der Waals surface area (Å²) in [5, 5.41) is 10.9. The molecule has 1 atom stereocenters. The zero-order valence-electron chi connectivity index (χ0n) is 10.7. The van der Waals surface area contributed by atoms with Crippen LogP contribution in [0.5, 0.6) is 0 Å². The van der Waals surface area contributed by atoms with Crippen LogP contribution in [0.4, 0.5) is 5.69 Å². The van der Waals surface area contributed by atoms with Gasteiger partial charge in [-0.2, -0.15) is 0 Å². The molecule has 0 bridgehead atoms. The van der Waals surface area contributed by atoms with Gasteiger partial charge in [-0.1, -0.05) is 57.7 Å². The molecule has 94 valence electrons. The van der Waals surface area contributed by atoms with Crippen LogP contribution >= 0.6 is 0 Å². The number of hydrogen-bond acceptors (Lipinski definition) is 2. The Bertz CT molecular complexity index is 363. The number of nitrogens with zero attached hydrogens (tertiary/aromatic N) is 1. The first-order valence-corrected chi connectivity index (χ1v) is 6.37. The Balaban J connectivity index is 2.58. The van der Waals surface area contributed by atoms with Crippen LogP contribution in [0.2, 0.25) is 0 Å². The van der Waals surface area contributed by atoms with Crippen LogP contribution in [0.3, 0.4) is 0 Å². The third-order valence-electron chi connectivity index (χ3n) is 3.06. The first-order valence-electron chi connectivity index (χ1n) is 6.37. The highest BCUT2D eigenvalue weighted by molar-refractivity contribution is 5.39. The van der Waals surface area contributed by atoms with Gasteiger partial charge in [0.1, 0.15) is 0 Å². The van der Waals surface area contributed by atoms with Crippen molar-refractivity contribution in [3.63, 3.8) is 0 Å². The maximum Gasteiger partial charge on any atom is 0.272 e. The average Bonchev–Trinajstić information content (AvgIpc) is 2.29. The summed E-state index contributed by atoms with van der Waals surface area (Å²) in [4.78, 5) is 10.6. The SMILES string of the molecule is CCCCCC(C)Cc1ccccc1[N+](=O)[O-]. The molecule has 0 aliphatic carbocycles. The zero-order chi connectivity index (χ0) is 12.7. The first kappa shape index (κ1) is 13.7. The van der Waals surface area contributed by atoms with E-state index in [-0.39, 0.29) is 10.6 Å². The van der Waals surface area contributed by atoms with Crippen molar-refractivity contribution in [1.29, 1.82) is 0 Å². The molecule has 3 nitrogen and oxygen atoms in total. The van der Waals surface area contributed by atoms with Crippen LogP contribution in [-0.2, 0) is 6.42 Å². The maximum atomic E-state index is 10.9. The fraction of sp³-hybridized carbons (Fsp3) is 0.571. The standard InChI is InChI=1S/C14H21NO2/c1-3-4-5-8-12(2)11-13-9-6-7-10-14(13)15(16)17/h6-7,9-10,12H,3-5,8,11H2,1-2H3. The van der Waals surface area contributed by atoms with E-state index in [0.717, 1.165) is 18.4 Å². The van der Waals surface area contributed by atoms with E-state index in [1.807, 2.05) is 12.1 Å². The second-order valence-electron chi connectivity index (χ2n) is 4.69. The molecule has 0 aliphatic heterocycles. The topological polar surface area (TPSA) is 43.1 Å². The number of nitro groups is 1. The van der Waals surface area contributed by atoms with Crippen molar-refractivity contribution in [1.82, 2.24) is 0 Å². The highest BCUT2D eigenvalue weighted by Crippen LogP contribution is 2.23. The van der Waals surface area contributed by atoms with E-state index in [1.165, 1.54) is 19.3 Å². The summed E-state index contributed by atoms with van der Waals surface area (Å²) in [5.41, 5.74) is 1.12. The second kappa shape index (κ2) is 7.05. The summed E-state index contributed by atoms with van der Waals surface area (Å²) >= 11 is 0. The van der Waals surface area contributed by atoms with E-state index in [9.17, 15) is 10.1 Å². The van der Waals surface area contributed by atoms with Gasteiger partial charge in [0.25, 0.3) is 5.69 Å². The van der Waals surface area contributed by atoms with Crippen molar-refractivity contribution in [3.05, 3.63) is 39.9 Å². The molecule has 1 aromatic carbocycles. The molecule has 17 heavy (non-hydrogen) atoms. The number of rotatable bonds is 7. The zero-order valence-corrected chi connectivity index (χ0v) is 10.7. The molecule has 0 saturated carbocycles. The third kappa shape index (κ3) is 4.55. The average molecular weight is 235 g/mol. The number of para-hydroxylation sites is 1. The van der Waals surface area contributed by atoms with E-state index in [0.29, 0.717) is 5.92 Å². The fourth-order valence-corrected chi connectivity index (χ4v) is 2.08. The molecule has 1 rings (SSSR count). The van der Waals surface area contributed by atoms with E-state index in [4.69, 9.17) is 0 Å². The highest BCUT2D eigenvalue weighted by Gasteiger charge is 2.14. The maximum absolute atomic E-state index is 10.9. The predicted octanol–water partition coefficient (Wildman–Crippen LogP) is 4.35. The Kier molecular flexibility index (Phi) is 5.67.